The topological polar surface area (TPSA) is 59.5 Å². The maximum absolute atomic E-state index is 11.8. The van der Waals surface area contributed by atoms with Crippen molar-refractivity contribution in [2.75, 3.05) is 18.6 Å². The maximum atomic E-state index is 11.8. The second-order valence-corrected chi connectivity index (χ2v) is 6.00. The highest BCUT2D eigenvalue weighted by Gasteiger charge is 2.25. The fourth-order valence-electron chi connectivity index (χ4n) is 1.96. The molecule has 0 saturated carbocycles. The molecule has 0 saturated heterocycles. The zero-order chi connectivity index (χ0) is 16.0. The van der Waals surface area contributed by atoms with Crippen molar-refractivity contribution in [3.63, 3.8) is 0 Å². The molecule has 1 aromatic rings. The van der Waals surface area contributed by atoms with Crippen LogP contribution in [0.5, 0.6) is 0 Å². The molecule has 0 amide bonds. The van der Waals surface area contributed by atoms with Gasteiger partial charge in [-0.1, -0.05) is 31.6 Å². The molecule has 1 heterocycles. The Morgan fingerprint density at radius 1 is 1.38 bits per heavy atom. The van der Waals surface area contributed by atoms with E-state index in [2.05, 4.69) is 30.7 Å². The normalized spacial score (nSPS) is 12.0. The second kappa shape index (κ2) is 8.12. The summed E-state index contributed by atoms with van der Waals surface area (Å²) < 4.78 is 4.72. The highest BCUT2D eigenvalue weighted by molar-refractivity contribution is 7.17. The molecule has 0 aliphatic carbocycles. The van der Waals surface area contributed by atoms with Crippen molar-refractivity contribution in [3.8, 4) is 0 Å². The lowest BCUT2D eigenvalue weighted by Crippen LogP contribution is -2.33. The number of ether oxygens (including phenoxy) is 1. The predicted molar refractivity (Wildman–Crippen MR) is 85.5 cm³/mol. The van der Waals surface area contributed by atoms with Crippen LogP contribution in [0, 0.1) is 0 Å². The van der Waals surface area contributed by atoms with Gasteiger partial charge in [0.25, 0.3) is 0 Å². The first-order valence-electron chi connectivity index (χ1n) is 7.32. The smallest absolute Gasteiger partial charge is 0.358 e. The number of Topliss-reactive ketones (excluding diaryl/α,β-unsaturated/α-hetero) is 1. The fourth-order valence-corrected chi connectivity index (χ4v) is 3.04. The van der Waals surface area contributed by atoms with Gasteiger partial charge in [0.2, 0.25) is 0 Å². The van der Waals surface area contributed by atoms with Crippen LogP contribution in [-0.4, -0.2) is 36.4 Å². The number of carbonyl (C=O) groups excluding carboxylic acids is 2. The molecule has 1 atom stereocenters. The summed E-state index contributed by atoms with van der Waals surface area (Å²) in [5.41, 5.74) is 0.134. The van der Waals surface area contributed by atoms with Crippen LogP contribution < -0.4 is 4.90 Å². The zero-order valence-electron chi connectivity index (χ0n) is 13.4. The van der Waals surface area contributed by atoms with Crippen LogP contribution in [0.3, 0.4) is 0 Å². The summed E-state index contributed by atoms with van der Waals surface area (Å²) in [5, 5.41) is 0.725. The van der Waals surface area contributed by atoms with E-state index >= 15 is 0 Å². The first kappa shape index (κ1) is 17.6. The van der Waals surface area contributed by atoms with Gasteiger partial charge >= 0.3 is 5.97 Å². The Balaban J connectivity index is 3.19. The van der Waals surface area contributed by atoms with E-state index in [-0.39, 0.29) is 11.5 Å². The van der Waals surface area contributed by atoms with E-state index in [4.69, 9.17) is 4.74 Å². The van der Waals surface area contributed by atoms with Gasteiger partial charge in [-0.2, -0.15) is 0 Å². The molecular formula is C15H24N2O3S. The van der Waals surface area contributed by atoms with Gasteiger partial charge in [0.05, 0.1) is 7.11 Å². The number of methoxy groups -OCH3 is 1. The van der Waals surface area contributed by atoms with Crippen LogP contribution in [0.1, 0.15) is 67.1 Å². The minimum atomic E-state index is -0.553. The van der Waals surface area contributed by atoms with Gasteiger partial charge in [-0.05, 0) is 19.8 Å². The van der Waals surface area contributed by atoms with E-state index in [1.54, 1.807) is 0 Å². The van der Waals surface area contributed by atoms with Gasteiger partial charge in [0.1, 0.15) is 4.88 Å². The number of hydrogen-bond acceptors (Lipinski definition) is 6. The molecule has 0 aliphatic rings. The number of aromatic nitrogens is 1. The summed E-state index contributed by atoms with van der Waals surface area (Å²) in [6.07, 6.45) is 3.11. The largest absolute Gasteiger partial charge is 0.464 e. The Bertz CT molecular complexity index is 499. The summed E-state index contributed by atoms with van der Waals surface area (Å²) in [6, 6.07) is 0.313. The molecule has 21 heavy (non-hydrogen) atoms. The standard InChI is InChI=1S/C15H24N2O3S/c1-6-8-9-17(10(3)7-2)15-16-12(14(19)20-5)13(21-15)11(4)18/h10H,6-9H2,1-5H3. The number of nitrogens with zero attached hydrogens (tertiary/aromatic N) is 2. The second-order valence-electron chi connectivity index (χ2n) is 5.03. The van der Waals surface area contributed by atoms with Gasteiger partial charge in [-0.25, -0.2) is 9.78 Å². The molecule has 1 aromatic heterocycles. The monoisotopic (exact) mass is 312 g/mol. The van der Waals surface area contributed by atoms with Crippen LogP contribution in [0.2, 0.25) is 0 Å². The van der Waals surface area contributed by atoms with Crippen LogP contribution in [0.4, 0.5) is 5.13 Å². The zero-order valence-corrected chi connectivity index (χ0v) is 14.2. The van der Waals surface area contributed by atoms with Crippen molar-refractivity contribution < 1.29 is 14.3 Å². The molecule has 1 unspecified atom stereocenters. The van der Waals surface area contributed by atoms with Gasteiger partial charge < -0.3 is 9.64 Å². The van der Waals surface area contributed by atoms with E-state index in [1.807, 2.05) is 0 Å². The number of unbranched alkanes of at least 4 members (excludes halogenated alkanes) is 1. The number of carbonyl (C=O) groups is 2. The van der Waals surface area contributed by atoms with E-state index in [9.17, 15) is 9.59 Å². The summed E-state index contributed by atoms with van der Waals surface area (Å²) in [6.45, 7) is 8.70. The molecular weight excluding hydrogens is 288 g/mol. The highest BCUT2D eigenvalue weighted by Crippen LogP contribution is 2.29. The molecule has 5 nitrogen and oxygen atoms in total. The minimum absolute atomic E-state index is 0.134. The number of rotatable bonds is 8. The van der Waals surface area contributed by atoms with Crippen molar-refractivity contribution in [3.05, 3.63) is 10.6 Å². The summed E-state index contributed by atoms with van der Waals surface area (Å²) in [4.78, 5) is 30.4. The van der Waals surface area contributed by atoms with Crippen LogP contribution >= 0.6 is 11.3 Å². The average Bonchev–Trinajstić information content (AvgIpc) is 2.91. The van der Waals surface area contributed by atoms with Crippen molar-refractivity contribution in [2.45, 2.75) is 53.0 Å². The lowest BCUT2D eigenvalue weighted by atomic mass is 10.2. The molecule has 0 spiro atoms. The summed E-state index contributed by atoms with van der Waals surface area (Å²) >= 11 is 1.28. The highest BCUT2D eigenvalue weighted by atomic mass is 32.1. The molecule has 0 aliphatic heterocycles. The fraction of sp³-hybridized carbons (Fsp3) is 0.667. The third-order valence-electron chi connectivity index (χ3n) is 3.44. The van der Waals surface area contributed by atoms with Crippen molar-refractivity contribution in [1.82, 2.24) is 4.98 Å². The summed E-state index contributed by atoms with van der Waals surface area (Å²) in [5.74, 6) is -0.707. The number of anilines is 1. The maximum Gasteiger partial charge on any atom is 0.358 e. The molecule has 0 N–H and O–H groups in total. The lowest BCUT2D eigenvalue weighted by Gasteiger charge is -2.27. The van der Waals surface area contributed by atoms with E-state index in [0.29, 0.717) is 10.9 Å². The molecule has 6 heteroatoms. The van der Waals surface area contributed by atoms with E-state index < -0.39 is 5.97 Å². The Kier molecular flexibility index (Phi) is 6.81. The van der Waals surface area contributed by atoms with Gasteiger partial charge in [-0.3, -0.25) is 4.79 Å². The molecule has 1 rings (SSSR count). The van der Waals surface area contributed by atoms with Crippen LogP contribution in [0.15, 0.2) is 0 Å². The van der Waals surface area contributed by atoms with E-state index in [1.165, 1.54) is 25.4 Å². The summed E-state index contributed by atoms with van der Waals surface area (Å²) in [7, 11) is 1.30. The quantitative estimate of drug-likeness (QED) is 0.543. The molecule has 118 valence electrons. The first-order chi connectivity index (χ1) is 9.96. The van der Waals surface area contributed by atoms with Gasteiger partial charge in [0.15, 0.2) is 16.6 Å². The molecule has 0 bridgehead atoms. The molecule has 0 fully saturated rings. The molecule has 0 aromatic carbocycles. The first-order valence-corrected chi connectivity index (χ1v) is 8.14. The Hall–Kier alpha value is -1.43. The van der Waals surface area contributed by atoms with Gasteiger partial charge in [-0.15, -0.1) is 0 Å². The van der Waals surface area contributed by atoms with Crippen molar-refractivity contribution >= 4 is 28.2 Å². The third kappa shape index (κ3) is 4.27. The Labute approximate surface area is 130 Å². The van der Waals surface area contributed by atoms with Crippen LogP contribution in [0.25, 0.3) is 0 Å². The SMILES string of the molecule is CCCCN(c1nc(C(=O)OC)c(C(C)=O)s1)C(C)CC. The lowest BCUT2D eigenvalue weighted by molar-refractivity contribution is 0.0591. The number of thiazole rings is 1. The molecule has 0 radical (unpaired) electrons. The van der Waals surface area contributed by atoms with Gasteiger partial charge in [0, 0.05) is 19.5 Å². The minimum Gasteiger partial charge on any atom is -0.464 e. The van der Waals surface area contributed by atoms with Crippen molar-refractivity contribution in [2.24, 2.45) is 0 Å². The van der Waals surface area contributed by atoms with E-state index in [0.717, 1.165) is 30.9 Å². The predicted octanol–water partition coefficient (Wildman–Crippen LogP) is 3.54. The Morgan fingerprint density at radius 3 is 2.52 bits per heavy atom. The van der Waals surface area contributed by atoms with Crippen molar-refractivity contribution in [1.29, 1.82) is 0 Å². The third-order valence-corrected chi connectivity index (χ3v) is 4.63. The number of hydrogen-bond donors (Lipinski definition) is 0. The average molecular weight is 312 g/mol. The van der Waals surface area contributed by atoms with Crippen LogP contribution in [-0.2, 0) is 4.74 Å². The number of esters is 1. The number of ketones is 1. The Morgan fingerprint density at radius 2 is 2.05 bits per heavy atom.